The van der Waals surface area contributed by atoms with Crippen LogP contribution in [0.4, 0.5) is 0 Å². The number of carbonyl (C=O) groups excluding carboxylic acids is 1. The number of primary amides is 1. The van der Waals surface area contributed by atoms with Gasteiger partial charge >= 0.3 is 0 Å². The predicted molar refractivity (Wildman–Crippen MR) is 56.7 cm³/mol. The van der Waals surface area contributed by atoms with Gasteiger partial charge in [-0.25, -0.2) is 0 Å². The summed E-state index contributed by atoms with van der Waals surface area (Å²) in [5.41, 5.74) is 5.75. The van der Waals surface area contributed by atoms with Gasteiger partial charge < -0.3 is 10.8 Å². The lowest BCUT2D eigenvalue weighted by molar-refractivity contribution is -0.126. The number of nitrogens with zero attached hydrogens (tertiary/aromatic N) is 1. The normalized spacial score (nSPS) is 10.5. The number of amides is 1. The second kappa shape index (κ2) is 6.57. The molecule has 1 unspecified atom stereocenters. The minimum Gasteiger partial charge on any atom is -0.378 e. The molecule has 3 N–H and O–H groups in total. The third-order valence-corrected chi connectivity index (χ3v) is 1.63. The van der Waals surface area contributed by atoms with Crippen LogP contribution in [0.2, 0.25) is 0 Å². The second-order valence-electron chi connectivity index (χ2n) is 2.54. The molecule has 1 aromatic rings. The van der Waals surface area contributed by atoms with Crippen LogP contribution in [0, 0.1) is 11.3 Å². The Morgan fingerprint density at radius 2 is 1.87 bits per heavy atom. The molecule has 0 fully saturated rings. The van der Waals surface area contributed by atoms with Gasteiger partial charge in [-0.1, -0.05) is 26.0 Å². The van der Waals surface area contributed by atoms with E-state index in [4.69, 9.17) is 11.0 Å². The maximum atomic E-state index is 10.6. The molecule has 0 saturated carbocycles. The van der Waals surface area contributed by atoms with E-state index in [2.05, 4.69) is 0 Å². The van der Waals surface area contributed by atoms with E-state index in [0.29, 0.717) is 11.1 Å². The molecule has 0 spiro atoms. The van der Waals surface area contributed by atoms with Gasteiger partial charge in [0.1, 0.15) is 0 Å². The molecule has 1 amide bonds. The van der Waals surface area contributed by atoms with E-state index in [1.807, 2.05) is 19.9 Å². The second-order valence-corrected chi connectivity index (χ2v) is 2.54. The van der Waals surface area contributed by atoms with Crippen LogP contribution < -0.4 is 5.73 Å². The molecule has 0 aliphatic heterocycles. The summed E-state index contributed by atoms with van der Waals surface area (Å²) in [4.78, 5) is 10.6. The Morgan fingerprint density at radius 3 is 2.20 bits per heavy atom. The maximum absolute atomic E-state index is 10.6. The number of aliphatic hydroxyl groups is 1. The van der Waals surface area contributed by atoms with E-state index in [1.54, 1.807) is 0 Å². The first-order valence-corrected chi connectivity index (χ1v) is 4.62. The van der Waals surface area contributed by atoms with Gasteiger partial charge in [0.15, 0.2) is 6.10 Å². The quantitative estimate of drug-likeness (QED) is 0.759. The third-order valence-electron chi connectivity index (χ3n) is 1.63. The van der Waals surface area contributed by atoms with Gasteiger partial charge in [-0.2, -0.15) is 5.26 Å². The van der Waals surface area contributed by atoms with Crippen molar-refractivity contribution in [1.29, 1.82) is 5.26 Å². The van der Waals surface area contributed by atoms with Crippen LogP contribution >= 0.6 is 0 Å². The van der Waals surface area contributed by atoms with Gasteiger partial charge in [-0.05, 0) is 17.7 Å². The fourth-order valence-corrected chi connectivity index (χ4v) is 0.904. The first-order valence-electron chi connectivity index (χ1n) is 4.62. The van der Waals surface area contributed by atoms with Crippen LogP contribution in [0.1, 0.15) is 31.1 Å². The van der Waals surface area contributed by atoms with Crippen molar-refractivity contribution in [1.82, 2.24) is 0 Å². The molecule has 80 valence electrons. The van der Waals surface area contributed by atoms with Crippen LogP contribution in [0.25, 0.3) is 0 Å². The average Bonchev–Trinajstić information content (AvgIpc) is 2.31. The van der Waals surface area contributed by atoms with E-state index in [1.165, 1.54) is 24.3 Å². The molecule has 0 heterocycles. The van der Waals surface area contributed by atoms with Crippen LogP contribution in [0.5, 0.6) is 0 Å². The highest BCUT2D eigenvalue weighted by molar-refractivity contribution is 5.80. The van der Waals surface area contributed by atoms with Gasteiger partial charge in [0.2, 0.25) is 0 Å². The lowest BCUT2D eigenvalue weighted by Crippen LogP contribution is -2.20. The van der Waals surface area contributed by atoms with Gasteiger partial charge in [0.05, 0.1) is 11.6 Å². The number of nitriles is 1. The van der Waals surface area contributed by atoms with E-state index < -0.39 is 12.0 Å². The summed E-state index contributed by atoms with van der Waals surface area (Å²) in [6.07, 6.45) is -1.30. The number of nitrogens with two attached hydrogens (primary N) is 1. The molecule has 0 radical (unpaired) electrons. The summed E-state index contributed by atoms with van der Waals surface area (Å²) in [7, 11) is 0. The van der Waals surface area contributed by atoms with Crippen molar-refractivity contribution < 1.29 is 9.90 Å². The van der Waals surface area contributed by atoms with Crippen LogP contribution in [0.3, 0.4) is 0 Å². The lowest BCUT2D eigenvalue weighted by atomic mass is 10.1. The molecule has 15 heavy (non-hydrogen) atoms. The highest BCUT2D eigenvalue weighted by Gasteiger charge is 2.12. The largest absolute Gasteiger partial charge is 0.378 e. The molecule has 0 saturated heterocycles. The Morgan fingerprint density at radius 1 is 1.40 bits per heavy atom. The Labute approximate surface area is 89.0 Å². The molecule has 1 atom stereocenters. The zero-order valence-corrected chi connectivity index (χ0v) is 8.77. The molecule has 1 rings (SSSR count). The Kier molecular flexibility index (Phi) is 5.76. The Bertz CT molecular complexity index is 352. The number of benzene rings is 1. The van der Waals surface area contributed by atoms with Crippen molar-refractivity contribution in [3.63, 3.8) is 0 Å². The summed E-state index contributed by atoms with van der Waals surface area (Å²) < 4.78 is 0. The van der Waals surface area contributed by atoms with E-state index in [9.17, 15) is 9.90 Å². The van der Waals surface area contributed by atoms with Crippen molar-refractivity contribution >= 4 is 5.91 Å². The highest BCUT2D eigenvalue weighted by Crippen LogP contribution is 2.12. The first-order chi connectivity index (χ1) is 7.15. The molecule has 0 aliphatic rings. The lowest BCUT2D eigenvalue weighted by Gasteiger charge is -2.05. The molecule has 4 nitrogen and oxygen atoms in total. The predicted octanol–water partition coefficient (Wildman–Crippen LogP) is 1.10. The van der Waals surface area contributed by atoms with Gasteiger partial charge in [-0.15, -0.1) is 0 Å². The molecule has 0 aliphatic carbocycles. The molecular weight excluding hydrogens is 192 g/mol. The van der Waals surface area contributed by atoms with E-state index in [0.717, 1.165) is 0 Å². The summed E-state index contributed by atoms with van der Waals surface area (Å²) in [6, 6.07) is 7.94. The minimum absolute atomic E-state index is 0.395. The van der Waals surface area contributed by atoms with Crippen LogP contribution in [-0.4, -0.2) is 11.0 Å². The summed E-state index contributed by atoms with van der Waals surface area (Å²) in [5.74, 6) is -0.801. The Hall–Kier alpha value is -1.86. The van der Waals surface area contributed by atoms with Gasteiger partial charge in [-0.3, -0.25) is 4.79 Å². The molecule has 0 aromatic heterocycles. The van der Waals surface area contributed by atoms with Gasteiger partial charge in [0, 0.05) is 0 Å². The molecule has 0 bridgehead atoms. The van der Waals surface area contributed by atoms with Crippen molar-refractivity contribution in [3.8, 4) is 6.07 Å². The SMILES string of the molecule is CC.N#Cc1ccc(C(O)C(N)=O)cc1. The average molecular weight is 206 g/mol. The van der Waals surface area contributed by atoms with Crippen LogP contribution in [0.15, 0.2) is 24.3 Å². The number of rotatable bonds is 2. The smallest absolute Gasteiger partial charge is 0.250 e. The van der Waals surface area contributed by atoms with Crippen molar-refractivity contribution in [3.05, 3.63) is 35.4 Å². The standard InChI is InChI=1S/C9H8N2O2.C2H6/c10-5-6-1-3-7(4-2-6)8(12)9(11)13;1-2/h1-4,8,12H,(H2,11,13);1-2H3. The fraction of sp³-hybridized carbons (Fsp3) is 0.273. The molecule has 1 aromatic carbocycles. The molecular formula is C11H14N2O2. The first kappa shape index (κ1) is 13.1. The maximum Gasteiger partial charge on any atom is 0.250 e. The zero-order chi connectivity index (χ0) is 11.8. The highest BCUT2D eigenvalue weighted by atomic mass is 16.3. The fourth-order valence-electron chi connectivity index (χ4n) is 0.904. The number of hydrogen-bond acceptors (Lipinski definition) is 3. The summed E-state index contributed by atoms with van der Waals surface area (Å²) in [6.45, 7) is 4.00. The van der Waals surface area contributed by atoms with Crippen molar-refractivity contribution in [2.24, 2.45) is 5.73 Å². The van der Waals surface area contributed by atoms with E-state index in [-0.39, 0.29) is 0 Å². The number of carbonyl (C=O) groups is 1. The topological polar surface area (TPSA) is 87.1 Å². The number of hydrogen-bond donors (Lipinski definition) is 2. The third kappa shape index (κ3) is 3.79. The van der Waals surface area contributed by atoms with Crippen molar-refractivity contribution in [2.45, 2.75) is 20.0 Å². The monoisotopic (exact) mass is 206 g/mol. The Balaban J connectivity index is 0.000000921. The zero-order valence-electron chi connectivity index (χ0n) is 8.77. The minimum atomic E-state index is -1.30. The molecule has 4 heteroatoms. The number of aliphatic hydroxyl groups excluding tert-OH is 1. The van der Waals surface area contributed by atoms with E-state index >= 15 is 0 Å². The van der Waals surface area contributed by atoms with Crippen LogP contribution in [-0.2, 0) is 4.79 Å². The van der Waals surface area contributed by atoms with Crippen molar-refractivity contribution in [2.75, 3.05) is 0 Å². The summed E-state index contributed by atoms with van der Waals surface area (Å²) >= 11 is 0. The van der Waals surface area contributed by atoms with Gasteiger partial charge in [0.25, 0.3) is 5.91 Å². The summed E-state index contributed by atoms with van der Waals surface area (Å²) in [5, 5.41) is 17.7.